The fraction of sp³-hybridized carbons (Fsp3) is 0.154. The van der Waals surface area contributed by atoms with Crippen LogP contribution in [0.4, 0.5) is 5.95 Å². The molecular weight excluding hydrogens is 278 g/mol. The van der Waals surface area contributed by atoms with Crippen molar-refractivity contribution in [1.82, 2.24) is 19.7 Å². The van der Waals surface area contributed by atoms with Crippen LogP contribution in [-0.2, 0) is 6.54 Å². The average molecular weight is 290 g/mol. The molecule has 0 bridgehead atoms. The second-order valence-corrected chi connectivity index (χ2v) is 4.62. The van der Waals surface area contributed by atoms with Crippen LogP contribution < -0.4 is 10.5 Å². The van der Waals surface area contributed by atoms with Crippen LogP contribution in [0, 0.1) is 0 Å². The smallest absolute Gasteiger partial charge is 0.223 e. The molecule has 3 aromatic rings. The summed E-state index contributed by atoms with van der Waals surface area (Å²) in [6, 6.07) is 7.74. The van der Waals surface area contributed by atoms with Crippen LogP contribution in [0.1, 0.15) is 5.56 Å². The van der Waals surface area contributed by atoms with E-state index in [9.17, 15) is 0 Å². The molecule has 0 fully saturated rings. The zero-order valence-electron chi connectivity index (χ0n) is 10.7. The first-order valence-electron chi connectivity index (χ1n) is 5.95. The van der Waals surface area contributed by atoms with Crippen molar-refractivity contribution >= 4 is 28.6 Å². The van der Waals surface area contributed by atoms with E-state index in [4.69, 9.17) is 22.1 Å². The van der Waals surface area contributed by atoms with Crippen molar-refractivity contribution in [3.63, 3.8) is 0 Å². The zero-order valence-corrected chi connectivity index (χ0v) is 11.5. The molecule has 0 aliphatic heterocycles. The van der Waals surface area contributed by atoms with Crippen LogP contribution in [0.5, 0.6) is 5.75 Å². The molecule has 2 aromatic heterocycles. The van der Waals surface area contributed by atoms with Gasteiger partial charge >= 0.3 is 0 Å². The Bertz CT molecular complexity index is 753. The summed E-state index contributed by atoms with van der Waals surface area (Å²) in [4.78, 5) is 8.09. The van der Waals surface area contributed by atoms with Gasteiger partial charge in [-0.15, -0.1) is 0 Å². The molecule has 0 unspecified atom stereocenters. The third-order valence-electron chi connectivity index (χ3n) is 2.96. The normalized spacial score (nSPS) is 10.9. The molecule has 0 aliphatic carbocycles. The Morgan fingerprint density at radius 3 is 2.70 bits per heavy atom. The van der Waals surface area contributed by atoms with E-state index in [1.165, 1.54) is 0 Å². The number of hydrogen-bond acceptors (Lipinski definition) is 5. The van der Waals surface area contributed by atoms with Gasteiger partial charge in [0.2, 0.25) is 5.95 Å². The number of hydrogen-bond donors (Lipinski definition) is 1. The van der Waals surface area contributed by atoms with E-state index in [2.05, 4.69) is 15.1 Å². The van der Waals surface area contributed by atoms with Crippen molar-refractivity contribution in [2.75, 3.05) is 12.8 Å². The lowest BCUT2D eigenvalue weighted by atomic mass is 10.2. The third-order valence-corrected chi connectivity index (χ3v) is 3.25. The molecule has 1 aromatic carbocycles. The molecule has 3 rings (SSSR count). The van der Waals surface area contributed by atoms with Gasteiger partial charge in [0.05, 0.1) is 25.2 Å². The first kappa shape index (κ1) is 12.7. The molecule has 2 heterocycles. The molecule has 20 heavy (non-hydrogen) atoms. The molecule has 0 spiro atoms. The molecule has 0 radical (unpaired) electrons. The molecular formula is C13H12ClN5O. The third kappa shape index (κ3) is 2.25. The van der Waals surface area contributed by atoms with Gasteiger partial charge in [0.1, 0.15) is 10.9 Å². The Labute approximate surface area is 120 Å². The first-order valence-corrected chi connectivity index (χ1v) is 6.32. The molecule has 7 heteroatoms. The molecule has 0 atom stereocenters. The molecule has 0 saturated heterocycles. The van der Waals surface area contributed by atoms with Crippen LogP contribution in [0.25, 0.3) is 11.0 Å². The number of nitrogens with two attached hydrogens (primary N) is 1. The van der Waals surface area contributed by atoms with Crippen LogP contribution in [-0.4, -0.2) is 26.9 Å². The number of aromatic nitrogens is 4. The largest absolute Gasteiger partial charge is 0.497 e. The lowest BCUT2D eigenvalue weighted by Gasteiger charge is -2.05. The maximum atomic E-state index is 6.02. The lowest BCUT2D eigenvalue weighted by molar-refractivity contribution is 0.414. The van der Waals surface area contributed by atoms with Crippen molar-refractivity contribution in [3.05, 3.63) is 41.2 Å². The highest BCUT2D eigenvalue weighted by Crippen LogP contribution is 2.21. The average Bonchev–Trinajstić information content (AvgIpc) is 2.83. The summed E-state index contributed by atoms with van der Waals surface area (Å²) in [7, 11) is 1.64. The van der Waals surface area contributed by atoms with E-state index in [1.54, 1.807) is 18.0 Å². The first-order chi connectivity index (χ1) is 9.67. The minimum absolute atomic E-state index is 0.138. The maximum Gasteiger partial charge on any atom is 0.223 e. The van der Waals surface area contributed by atoms with E-state index in [0.29, 0.717) is 22.7 Å². The number of rotatable bonds is 3. The van der Waals surface area contributed by atoms with Gasteiger partial charge in [-0.2, -0.15) is 10.1 Å². The Hall–Kier alpha value is -2.34. The number of halogens is 1. The fourth-order valence-corrected chi connectivity index (χ4v) is 2.18. The van der Waals surface area contributed by atoms with Gasteiger partial charge < -0.3 is 10.5 Å². The predicted octanol–water partition coefficient (Wildman–Crippen LogP) is 2.12. The highest BCUT2D eigenvalue weighted by atomic mass is 35.5. The second kappa shape index (κ2) is 4.97. The summed E-state index contributed by atoms with van der Waals surface area (Å²) in [5.41, 5.74) is 7.32. The highest BCUT2D eigenvalue weighted by Gasteiger charge is 2.10. The quantitative estimate of drug-likeness (QED) is 0.747. The van der Waals surface area contributed by atoms with Gasteiger partial charge in [-0.3, -0.25) is 0 Å². The van der Waals surface area contributed by atoms with Crippen molar-refractivity contribution < 1.29 is 4.74 Å². The molecule has 2 N–H and O–H groups in total. The van der Waals surface area contributed by atoms with E-state index in [-0.39, 0.29) is 5.95 Å². The number of fused-ring (bicyclic) bond motifs is 1. The minimum atomic E-state index is 0.138. The van der Waals surface area contributed by atoms with Crippen molar-refractivity contribution in [1.29, 1.82) is 0 Å². The van der Waals surface area contributed by atoms with Crippen molar-refractivity contribution in [2.45, 2.75) is 6.54 Å². The standard InChI is InChI=1S/C13H12ClN5O/c1-20-9-4-2-8(3-5-9)7-19-12-10(6-16-19)11(14)17-13(15)18-12/h2-6H,7H2,1H3,(H2,15,17,18). The number of anilines is 1. The van der Waals surface area contributed by atoms with E-state index >= 15 is 0 Å². The fourth-order valence-electron chi connectivity index (χ4n) is 1.96. The SMILES string of the molecule is COc1ccc(Cn2ncc3c(Cl)nc(N)nc32)cc1. The summed E-state index contributed by atoms with van der Waals surface area (Å²) < 4.78 is 6.87. The van der Waals surface area contributed by atoms with Crippen LogP contribution in [0.2, 0.25) is 5.15 Å². The van der Waals surface area contributed by atoms with E-state index in [1.807, 2.05) is 24.3 Å². The summed E-state index contributed by atoms with van der Waals surface area (Å²) >= 11 is 6.02. The number of benzene rings is 1. The molecule has 102 valence electrons. The maximum absolute atomic E-state index is 6.02. The summed E-state index contributed by atoms with van der Waals surface area (Å²) in [5, 5.41) is 5.28. The Balaban J connectivity index is 1.97. The number of ether oxygens (including phenoxy) is 1. The number of methoxy groups -OCH3 is 1. The summed E-state index contributed by atoms with van der Waals surface area (Å²) in [5.74, 6) is 0.952. The van der Waals surface area contributed by atoms with Crippen molar-refractivity contribution in [3.8, 4) is 5.75 Å². The van der Waals surface area contributed by atoms with Gasteiger partial charge in [0.25, 0.3) is 0 Å². The van der Waals surface area contributed by atoms with Gasteiger partial charge in [0, 0.05) is 0 Å². The van der Waals surface area contributed by atoms with Crippen LogP contribution >= 0.6 is 11.6 Å². The predicted molar refractivity (Wildman–Crippen MR) is 76.8 cm³/mol. The number of nitrogens with zero attached hydrogens (tertiary/aromatic N) is 4. The number of nitrogen functional groups attached to an aromatic ring is 1. The van der Waals surface area contributed by atoms with Gasteiger partial charge in [-0.1, -0.05) is 23.7 Å². The molecule has 0 saturated carbocycles. The molecule has 0 aliphatic rings. The Morgan fingerprint density at radius 1 is 1.25 bits per heavy atom. The van der Waals surface area contributed by atoms with Gasteiger partial charge in [0.15, 0.2) is 5.65 Å². The van der Waals surface area contributed by atoms with Crippen LogP contribution in [0.15, 0.2) is 30.5 Å². The van der Waals surface area contributed by atoms with Gasteiger partial charge in [-0.05, 0) is 17.7 Å². The van der Waals surface area contributed by atoms with Gasteiger partial charge in [-0.25, -0.2) is 9.67 Å². The lowest BCUT2D eigenvalue weighted by Crippen LogP contribution is -2.04. The van der Waals surface area contributed by atoms with Crippen molar-refractivity contribution in [2.24, 2.45) is 0 Å². The minimum Gasteiger partial charge on any atom is -0.497 e. The zero-order chi connectivity index (χ0) is 14.1. The van der Waals surface area contributed by atoms with E-state index in [0.717, 1.165) is 11.3 Å². The highest BCUT2D eigenvalue weighted by molar-refractivity contribution is 6.34. The summed E-state index contributed by atoms with van der Waals surface area (Å²) in [6.07, 6.45) is 1.64. The monoisotopic (exact) mass is 289 g/mol. The van der Waals surface area contributed by atoms with E-state index < -0.39 is 0 Å². The second-order valence-electron chi connectivity index (χ2n) is 4.26. The summed E-state index contributed by atoms with van der Waals surface area (Å²) in [6.45, 7) is 0.570. The van der Waals surface area contributed by atoms with Crippen LogP contribution in [0.3, 0.4) is 0 Å². The Kier molecular flexibility index (Phi) is 3.15. The topological polar surface area (TPSA) is 78.8 Å². The Morgan fingerprint density at radius 2 is 2.00 bits per heavy atom. The molecule has 6 nitrogen and oxygen atoms in total. The molecule has 0 amide bonds.